The molecule has 0 unspecified atom stereocenters. The number of aryl methyl sites for hydroxylation is 1. The molecule has 0 radical (unpaired) electrons. The van der Waals surface area contributed by atoms with Gasteiger partial charge in [-0.3, -0.25) is 0 Å². The summed E-state index contributed by atoms with van der Waals surface area (Å²) in [7, 11) is 0. The van der Waals surface area contributed by atoms with E-state index < -0.39 is 12.1 Å². The van der Waals surface area contributed by atoms with Crippen molar-refractivity contribution in [3.63, 3.8) is 0 Å². The standard InChI is InChI=1S/C14H8ClF3N4O2/c1-7-6-9(20-13(15)19-7)12-22-21-11(23-12)8-4-2-3-5-10(8)24-14(16,17)18/h2-6H,1H3. The van der Waals surface area contributed by atoms with Gasteiger partial charge in [-0.15, -0.1) is 23.4 Å². The maximum absolute atomic E-state index is 12.5. The van der Waals surface area contributed by atoms with E-state index in [9.17, 15) is 13.2 Å². The smallest absolute Gasteiger partial charge is 0.414 e. The molecule has 1 aromatic carbocycles. The Morgan fingerprint density at radius 1 is 1.08 bits per heavy atom. The van der Waals surface area contributed by atoms with Gasteiger partial charge in [0.25, 0.3) is 11.8 Å². The summed E-state index contributed by atoms with van der Waals surface area (Å²) >= 11 is 5.76. The fourth-order valence-corrected chi connectivity index (χ4v) is 2.16. The minimum Gasteiger partial charge on any atom is -0.414 e. The number of rotatable bonds is 3. The second-order valence-electron chi connectivity index (χ2n) is 4.62. The summed E-state index contributed by atoms with van der Waals surface area (Å²) in [6, 6.07) is 7.00. The quantitative estimate of drug-likeness (QED) is 0.659. The fraction of sp³-hybridized carbons (Fsp3) is 0.143. The Hall–Kier alpha value is -2.68. The third-order valence-corrected chi connectivity index (χ3v) is 2.98. The predicted molar refractivity (Wildman–Crippen MR) is 77.2 cm³/mol. The normalized spacial score (nSPS) is 11.5. The Balaban J connectivity index is 2.00. The van der Waals surface area contributed by atoms with E-state index in [1.807, 2.05) is 0 Å². The molecule has 2 heterocycles. The molecule has 24 heavy (non-hydrogen) atoms. The van der Waals surface area contributed by atoms with Crippen molar-refractivity contribution in [2.24, 2.45) is 0 Å². The topological polar surface area (TPSA) is 73.9 Å². The Labute approximate surface area is 138 Å². The van der Waals surface area contributed by atoms with Gasteiger partial charge in [0.15, 0.2) is 0 Å². The Morgan fingerprint density at radius 3 is 2.50 bits per heavy atom. The molecule has 2 aromatic heterocycles. The van der Waals surface area contributed by atoms with Crippen LogP contribution in [0.3, 0.4) is 0 Å². The zero-order chi connectivity index (χ0) is 17.3. The van der Waals surface area contributed by atoms with Gasteiger partial charge in [0, 0.05) is 5.69 Å². The van der Waals surface area contributed by atoms with Crippen LogP contribution in [0.25, 0.3) is 23.0 Å². The molecule has 124 valence electrons. The van der Waals surface area contributed by atoms with Crippen molar-refractivity contribution < 1.29 is 22.3 Å². The molecule has 3 rings (SSSR count). The van der Waals surface area contributed by atoms with Gasteiger partial charge >= 0.3 is 6.36 Å². The van der Waals surface area contributed by atoms with Crippen LogP contribution in [0.4, 0.5) is 13.2 Å². The monoisotopic (exact) mass is 356 g/mol. The highest BCUT2D eigenvalue weighted by Gasteiger charge is 2.32. The molecular weight excluding hydrogens is 349 g/mol. The van der Waals surface area contributed by atoms with E-state index in [-0.39, 0.29) is 28.3 Å². The molecule has 0 aliphatic carbocycles. The SMILES string of the molecule is Cc1cc(-c2nnc(-c3ccccc3OC(F)(F)F)o2)nc(Cl)n1. The molecule has 0 atom stereocenters. The van der Waals surface area contributed by atoms with Crippen molar-refractivity contribution in [1.29, 1.82) is 0 Å². The first-order chi connectivity index (χ1) is 11.3. The number of para-hydroxylation sites is 1. The molecule has 10 heteroatoms. The molecular formula is C14H8ClF3N4O2. The molecule has 0 saturated carbocycles. The third kappa shape index (κ3) is 3.62. The van der Waals surface area contributed by atoms with E-state index in [0.29, 0.717) is 5.69 Å². The van der Waals surface area contributed by atoms with Crippen molar-refractivity contribution in [2.45, 2.75) is 13.3 Å². The Morgan fingerprint density at radius 2 is 1.79 bits per heavy atom. The number of ether oxygens (including phenoxy) is 1. The van der Waals surface area contributed by atoms with Crippen LogP contribution in [-0.2, 0) is 0 Å². The summed E-state index contributed by atoms with van der Waals surface area (Å²) in [6.07, 6.45) is -4.84. The highest BCUT2D eigenvalue weighted by atomic mass is 35.5. The molecule has 0 fully saturated rings. The van der Waals surface area contributed by atoms with Gasteiger partial charge in [-0.25, -0.2) is 9.97 Å². The zero-order valence-electron chi connectivity index (χ0n) is 12.0. The minimum absolute atomic E-state index is 0.000730. The number of alkyl halides is 3. The van der Waals surface area contributed by atoms with E-state index in [1.54, 1.807) is 13.0 Å². The summed E-state index contributed by atoms with van der Waals surface area (Å²) in [6.45, 7) is 1.70. The van der Waals surface area contributed by atoms with Crippen molar-refractivity contribution in [3.8, 4) is 28.8 Å². The summed E-state index contributed by atoms with van der Waals surface area (Å²) < 4.78 is 46.8. The van der Waals surface area contributed by atoms with Gasteiger partial charge < -0.3 is 9.15 Å². The lowest BCUT2D eigenvalue weighted by Gasteiger charge is -2.10. The van der Waals surface area contributed by atoms with E-state index in [2.05, 4.69) is 24.9 Å². The molecule has 0 aliphatic heterocycles. The molecule has 0 aliphatic rings. The van der Waals surface area contributed by atoms with E-state index in [4.69, 9.17) is 16.0 Å². The van der Waals surface area contributed by atoms with Crippen LogP contribution in [0.15, 0.2) is 34.7 Å². The lowest BCUT2D eigenvalue weighted by Crippen LogP contribution is -2.17. The first kappa shape index (κ1) is 16.2. The van der Waals surface area contributed by atoms with Gasteiger partial charge in [-0.05, 0) is 36.7 Å². The molecule has 0 N–H and O–H groups in total. The minimum atomic E-state index is -4.84. The van der Waals surface area contributed by atoms with Crippen LogP contribution >= 0.6 is 11.6 Å². The number of nitrogens with zero attached hydrogens (tertiary/aromatic N) is 4. The van der Waals surface area contributed by atoms with Crippen LogP contribution in [0, 0.1) is 6.92 Å². The maximum Gasteiger partial charge on any atom is 0.573 e. The first-order valence-corrected chi connectivity index (χ1v) is 6.90. The van der Waals surface area contributed by atoms with Gasteiger partial charge in [0.05, 0.1) is 5.56 Å². The van der Waals surface area contributed by atoms with Gasteiger partial charge in [-0.1, -0.05) is 12.1 Å². The number of halogens is 4. The van der Waals surface area contributed by atoms with Gasteiger partial charge in [0.1, 0.15) is 11.4 Å². The average molecular weight is 357 g/mol. The van der Waals surface area contributed by atoms with E-state index in [0.717, 1.165) is 6.07 Å². The highest BCUT2D eigenvalue weighted by molar-refractivity contribution is 6.28. The van der Waals surface area contributed by atoms with E-state index in [1.165, 1.54) is 18.2 Å². The first-order valence-electron chi connectivity index (χ1n) is 6.52. The van der Waals surface area contributed by atoms with Crippen molar-refractivity contribution in [2.75, 3.05) is 0 Å². The second kappa shape index (κ2) is 6.08. The summed E-state index contributed by atoms with van der Waals surface area (Å²) in [4.78, 5) is 7.84. The molecule has 6 nitrogen and oxygen atoms in total. The van der Waals surface area contributed by atoms with Gasteiger partial charge in [-0.2, -0.15) is 0 Å². The summed E-state index contributed by atoms with van der Waals surface area (Å²) in [5.41, 5.74) is 0.844. The lowest BCUT2D eigenvalue weighted by atomic mass is 10.2. The predicted octanol–water partition coefficient (Wildman–Crippen LogP) is 4.05. The van der Waals surface area contributed by atoms with Crippen LogP contribution in [0.5, 0.6) is 5.75 Å². The highest BCUT2D eigenvalue weighted by Crippen LogP contribution is 2.34. The van der Waals surface area contributed by atoms with Crippen molar-refractivity contribution >= 4 is 11.6 Å². The molecule has 0 spiro atoms. The largest absolute Gasteiger partial charge is 0.573 e. The molecule has 0 bridgehead atoms. The number of benzene rings is 1. The molecule has 3 aromatic rings. The maximum atomic E-state index is 12.5. The van der Waals surface area contributed by atoms with E-state index >= 15 is 0 Å². The van der Waals surface area contributed by atoms with Crippen molar-refractivity contribution in [3.05, 3.63) is 41.3 Å². The van der Waals surface area contributed by atoms with Crippen LogP contribution < -0.4 is 4.74 Å². The fourth-order valence-electron chi connectivity index (χ4n) is 1.93. The average Bonchev–Trinajstić information content (AvgIpc) is 2.95. The second-order valence-corrected chi connectivity index (χ2v) is 4.96. The van der Waals surface area contributed by atoms with Crippen LogP contribution in [-0.4, -0.2) is 26.5 Å². The Bertz CT molecular complexity index is 862. The number of hydrogen-bond acceptors (Lipinski definition) is 6. The summed E-state index contributed by atoms with van der Waals surface area (Å²) in [5, 5.41) is 7.52. The molecule has 0 saturated heterocycles. The van der Waals surface area contributed by atoms with Crippen LogP contribution in [0.1, 0.15) is 5.69 Å². The van der Waals surface area contributed by atoms with Gasteiger partial charge in [0.2, 0.25) is 5.28 Å². The zero-order valence-corrected chi connectivity index (χ0v) is 12.8. The lowest BCUT2D eigenvalue weighted by molar-refractivity contribution is -0.274. The van der Waals surface area contributed by atoms with Crippen molar-refractivity contribution in [1.82, 2.24) is 20.2 Å². The number of hydrogen-bond donors (Lipinski definition) is 0. The third-order valence-electron chi connectivity index (χ3n) is 2.81. The Kier molecular flexibility index (Phi) is 4.10. The summed E-state index contributed by atoms with van der Waals surface area (Å²) in [5.74, 6) is -0.589. The number of aromatic nitrogens is 4. The molecule has 0 amide bonds. The van der Waals surface area contributed by atoms with Crippen LogP contribution in [0.2, 0.25) is 5.28 Å².